The van der Waals surface area contributed by atoms with Crippen LogP contribution in [0.25, 0.3) is 11.0 Å². The third-order valence-electron chi connectivity index (χ3n) is 3.28. The molecule has 0 saturated heterocycles. The highest BCUT2D eigenvalue weighted by Crippen LogP contribution is 2.14. The number of fused-ring (bicyclic) bond motifs is 1. The zero-order chi connectivity index (χ0) is 14.1. The Balaban J connectivity index is 1.80. The molecular weight excluding hydrogens is 254 g/mol. The van der Waals surface area contributed by atoms with Crippen LogP contribution in [0.1, 0.15) is 29.1 Å². The number of nitrogens with zero attached hydrogens (tertiary/aromatic N) is 3. The zero-order valence-electron chi connectivity index (χ0n) is 11.3. The predicted molar refractivity (Wildman–Crippen MR) is 75.2 cm³/mol. The van der Waals surface area contributed by atoms with Gasteiger partial charge >= 0.3 is 0 Å². The normalized spacial score (nSPS) is 12.5. The van der Waals surface area contributed by atoms with Crippen LogP contribution in [-0.4, -0.2) is 25.4 Å². The molecule has 0 fully saturated rings. The van der Waals surface area contributed by atoms with E-state index in [-0.39, 0.29) is 11.9 Å². The molecule has 2 aromatic heterocycles. The summed E-state index contributed by atoms with van der Waals surface area (Å²) in [4.78, 5) is 23.6. The van der Waals surface area contributed by atoms with Crippen molar-refractivity contribution in [1.82, 2.24) is 24.8 Å². The van der Waals surface area contributed by atoms with Crippen molar-refractivity contribution >= 4 is 16.9 Å². The summed E-state index contributed by atoms with van der Waals surface area (Å²) in [5.41, 5.74) is 2.30. The number of hydrogen-bond donors (Lipinski definition) is 2. The highest BCUT2D eigenvalue weighted by molar-refractivity contribution is 5.97. The van der Waals surface area contributed by atoms with Crippen molar-refractivity contribution in [3.63, 3.8) is 0 Å². The van der Waals surface area contributed by atoms with E-state index in [0.29, 0.717) is 5.56 Å². The lowest BCUT2D eigenvalue weighted by Crippen LogP contribution is -2.28. The van der Waals surface area contributed by atoms with Gasteiger partial charge in [0.1, 0.15) is 5.82 Å². The van der Waals surface area contributed by atoms with Crippen LogP contribution < -0.4 is 5.32 Å². The number of rotatable bonds is 3. The molecule has 6 nitrogen and oxygen atoms in total. The van der Waals surface area contributed by atoms with Gasteiger partial charge in [-0.15, -0.1) is 0 Å². The Morgan fingerprint density at radius 1 is 1.40 bits per heavy atom. The van der Waals surface area contributed by atoms with E-state index < -0.39 is 0 Å². The van der Waals surface area contributed by atoms with Crippen LogP contribution in [0.4, 0.5) is 0 Å². The van der Waals surface area contributed by atoms with E-state index in [1.165, 1.54) is 0 Å². The quantitative estimate of drug-likeness (QED) is 0.761. The van der Waals surface area contributed by atoms with Gasteiger partial charge in [0.25, 0.3) is 5.91 Å². The number of hydrogen-bond acceptors (Lipinski definition) is 3. The Morgan fingerprint density at radius 3 is 3.00 bits per heavy atom. The van der Waals surface area contributed by atoms with Gasteiger partial charge in [0.15, 0.2) is 0 Å². The zero-order valence-corrected chi connectivity index (χ0v) is 11.3. The number of nitrogens with one attached hydrogen (secondary N) is 2. The molecule has 102 valence electrons. The molecule has 0 bridgehead atoms. The molecule has 2 N–H and O–H groups in total. The Bertz CT molecular complexity index is 758. The van der Waals surface area contributed by atoms with Gasteiger partial charge < -0.3 is 14.9 Å². The van der Waals surface area contributed by atoms with E-state index in [2.05, 4.69) is 20.3 Å². The van der Waals surface area contributed by atoms with Crippen LogP contribution in [0, 0.1) is 0 Å². The fourth-order valence-electron chi connectivity index (χ4n) is 2.22. The number of aromatic amines is 1. The fourth-order valence-corrected chi connectivity index (χ4v) is 2.22. The van der Waals surface area contributed by atoms with Gasteiger partial charge in [-0.25, -0.2) is 9.97 Å². The molecule has 1 atom stereocenters. The molecule has 0 radical (unpaired) electrons. The Morgan fingerprint density at radius 2 is 2.25 bits per heavy atom. The molecule has 0 aliphatic heterocycles. The van der Waals surface area contributed by atoms with Crippen molar-refractivity contribution in [3.8, 4) is 0 Å². The highest BCUT2D eigenvalue weighted by Gasteiger charge is 2.15. The topological polar surface area (TPSA) is 75.6 Å². The first kappa shape index (κ1) is 12.4. The summed E-state index contributed by atoms with van der Waals surface area (Å²) in [7, 11) is 1.90. The summed E-state index contributed by atoms with van der Waals surface area (Å²) in [5.74, 6) is 0.693. The number of benzene rings is 1. The molecule has 1 amide bonds. The lowest BCUT2D eigenvalue weighted by atomic mass is 10.1. The van der Waals surface area contributed by atoms with Gasteiger partial charge in [0.05, 0.1) is 23.4 Å². The van der Waals surface area contributed by atoms with Crippen LogP contribution in [0.5, 0.6) is 0 Å². The van der Waals surface area contributed by atoms with E-state index in [4.69, 9.17) is 0 Å². The van der Waals surface area contributed by atoms with Crippen molar-refractivity contribution in [2.24, 2.45) is 7.05 Å². The number of carbonyl (C=O) groups excluding carboxylic acids is 1. The predicted octanol–water partition coefficient (Wildman–Crippen LogP) is 1.79. The number of aryl methyl sites for hydroxylation is 1. The monoisotopic (exact) mass is 269 g/mol. The lowest BCUT2D eigenvalue weighted by molar-refractivity contribution is 0.0938. The summed E-state index contributed by atoms with van der Waals surface area (Å²) >= 11 is 0. The highest BCUT2D eigenvalue weighted by atomic mass is 16.1. The Hall–Kier alpha value is -2.63. The number of amides is 1. The van der Waals surface area contributed by atoms with Gasteiger partial charge in [-0.2, -0.15) is 0 Å². The summed E-state index contributed by atoms with van der Waals surface area (Å²) in [6, 6.07) is 5.23. The smallest absolute Gasteiger partial charge is 0.251 e. The molecule has 0 saturated carbocycles. The van der Waals surface area contributed by atoms with E-state index in [1.54, 1.807) is 24.7 Å². The molecule has 1 unspecified atom stereocenters. The summed E-state index contributed by atoms with van der Waals surface area (Å²) < 4.78 is 1.89. The Labute approximate surface area is 115 Å². The second-order valence-corrected chi connectivity index (χ2v) is 4.73. The first-order chi connectivity index (χ1) is 9.65. The Kier molecular flexibility index (Phi) is 2.98. The summed E-state index contributed by atoms with van der Waals surface area (Å²) in [5, 5.41) is 2.94. The summed E-state index contributed by atoms with van der Waals surface area (Å²) in [6.45, 7) is 1.91. The third kappa shape index (κ3) is 2.16. The molecule has 6 heteroatoms. The van der Waals surface area contributed by atoms with Crippen molar-refractivity contribution in [3.05, 3.63) is 48.3 Å². The molecule has 2 heterocycles. The minimum atomic E-state index is -0.153. The molecular formula is C14H15N5O. The third-order valence-corrected chi connectivity index (χ3v) is 3.28. The molecule has 1 aromatic carbocycles. The molecule has 20 heavy (non-hydrogen) atoms. The van der Waals surface area contributed by atoms with Crippen LogP contribution in [0.15, 0.2) is 36.9 Å². The van der Waals surface area contributed by atoms with E-state index in [9.17, 15) is 4.79 Å². The maximum Gasteiger partial charge on any atom is 0.251 e. The van der Waals surface area contributed by atoms with Crippen molar-refractivity contribution in [2.45, 2.75) is 13.0 Å². The first-order valence-electron chi connectivity index (χ1n) is 6.36. The lowest BCUT2D eigenvalue weighted by Gasteiger charge is -2.13. The number of carbonyl (C=O) groups is 1. The molecule has 0 aliphatic carbocycles. The van der Waals surface area contributed by atoms with E-state index in [0.717, 1.165) is 16.9 Å². The van der Waals surface area contributed by atoms with Crippen LogP contribution in [-0.2, 0) is 7.05 Å². The maximum atomic E-state index is 12.2. The van der Waals surface area contributed by atoms with Crippen molar-refractivity contribution in [1.29, 1.82) is 0 Å². The largest absolute Gasteiger partial charge is 0.345 e. The standard InChI is InChI=1S/C14H15N5O/c1-9(13-15-5-6-19(13)2)18-14(20)10-3-4-11-12(7-10)17-8-16-11/h3-9H,1-2H3,(H,16,17)(H,18,20). The second-order valence-electron chi connectivity index (χ2n) is 4.73. The second kappa shape index (κ2) is 4.80. The minimum Gasteiger partial charge on any atom is -0.345 e. The number of H-pyrrole nitrogens is 1. The van der Waals surface area contributed by atoms with Crippen LogP contribution in [0.3, 0.4) is 0 Å². The molecule has 0 aliphatic rings. The number of imidazole rings is 2. The van der Waals surface area contributed by atoms with E-state index in [1.807, 2.05) is 30.8 Å². The van der Waals surface area contributed by atoms with Crippen molar-refractivity contribution < 1.29 is 4.79 Å². The van der Waals surface area contributed by atoms with Gasteiger partial charge in [-0.05, 0) is 25.1 Å². The van der Waals surface area contributed by atoms with Crippen LogP contribution >= 0.6 is 0 Å². The fraction of sp³-hybridized carbons (Fsp3) is 0.214. The maximum absolute atomic E-state index is 12.2. The molecule has 3 rings (SSSR count). The van der Waals surface area contributed by atoms with E-state index >= 15 is 0 Å². The van der Waals surface area contributed by atoms with Gasteiger partial charge in [-0.3, -0.25) is 4.79 Å². The minimum absolute atomic E-state index is 0.128. The van der Waals surface area contributed by atoms with Gasteiger partial charge in [-0.1, -0.05) is 0 Å². The van der Waals surface area contributed by atoms with Crippen LogP contribution in [0.2, 0.25) is 0 Å². The van der Waals surface area contributed by atoms with Gasteiger partial charge in [0.2, 0.25) is 0 Å². The SMILES string of the molecule is CC(NC(=O)c1ccc2nc[nH]c2c1)c1nccn1C. The molecule has 0 spiro atoms. The summed E-state index contributed by atoms with van der Waals surface area (Å²) in [6.07, 6.45) is 5.19. The average Bonchev–Trinajstić information content (AvgIpc) is 3.05. The average molecular weight is 269 g/mol. The van der Waals surface area contributed by atoms with Crippen molar-refractivity contribution in [2.75, 3.05) is 0 Å². The number of aromatic nitrogens is 4. The first-order valence-corrected chi connectivity index (χ1v) is 6.36. The molecule has 3 aromatic rings. The van der Waals surface area contributed by atoms with Gasteiger partial charge in [0, 0.05) is 25.0 Å².